The highest BCUT2D eigenvalue weighted by atomic mass is 32.1. The van der Waals surface area contributed by atoms with Crippen molar-refractivity contribution in [2.45, 2.75) is 6.10 Å². The first kappa shape index (κ1) is 11.5. The van der Waals surface area contributed by atoms with Crippen molar-refractivity contribution in [1.29, 1.82) is 5.26 Å². The summed E-state index contributed by atoms with van der Waals surface area (Å²) in [6.07, 6.45) is -1.40. The van der Waals surface area contributed by atoms with Gasteiger partial charge in [0.15, 0.2) is 6.10 Å². The van der Waals surface area contributed by atoms with Gasteiger partial charge in [0.1, 0.15) is 6.07 Å². The Balaban J connectivity index is 2.79. The second-order valence-electron chi connectivity index (χ2n) is 2.73. The van der Waals surface area contributed by atoms with Crippen LogP contribution in [0, 0.1) is 11.3 Å². The molecule has 80 valence electrons. The molecule has 0 bridgehead atoms. The average Bonchev–Trinajstić information content (AvgIpc) is 2.64. The topological polar surface area (TPSA) is 85.3 Å². The lowest BCUT2D eigenvalue weighted by Gasteiger charge is -2.13. The first-order valence-electron chi connectivity index (χ1n) is 4.11. The molecule has 1 unspecified atom stereocenters. The number of primary amides is 1. The first-order valence-corrected chi connectivity index (χ1v) is 4.99. The number of rotatable bonds is 4. The highest BCUT2D eigenvalue weighted by molar-refractivity contribution is 7.10. The van der Waals surface area contributed by atoms with Crippen LogP contribution >= 0.6 is 11.3 Å². The molecule has 6 heteroatoms. The van der Waals surface area contributed by atoms with Crippen molar-refractivity contribution in [1.82, 2.24) is 0 Å². The van der Waals surface area contributed by atoms with Gasteiger partial charge in [-0.1, -0.05) is 0 Å². The van der Waals surface area contributed by atoms with Crippen molar-refractivity contribution in [2.24, 2.45) is 5.73 Å². The van der Waals surface area contributed by atoms with Crippen LogP contribution in [0.1, 0.15) is 16.5 Å². The number of hydrogen-bond acceptors (Lipinski definition) is 5. The van der Waals surface area contributed by atoms with Crippen LogP contribution in [0.3, 0.4) is 0 Å². The number of ether oxygens (including phenoxy) is 2. The van der Waals surface area contributed by atoms with E-state index in [2.05, 4.69) is 0 Å². The van der Waals surface area contributed by atoms with Gasteiger partial charge in [-0.2, -0.15) is 5.26 Å². The Bertz CT molecular complexity index is 383. The zero-order chi connectivity index (χ0) is 11.3. The molecule has 0 spiro atoms. The Labute approximate surface area is 91.0 Å². The number of nitrogens with two attached hydrogens (primary N) is 1. The van der Waals surface area contributed by atoms with Gasteiger partial charge in [-0.25, -0.2) is 4.79 Å². The maximum absolute atomic E-state index is 10.6. The summed E-state index contributed by atoms with van der Waals surface area (Å²) in [7, 11) is 1.50. The zero-order valence-corrected chi connectivity index (χ0v) is 8.91. The van der Waals surface area contributed by atoms with Crippen molar-refractivity contribution in [3.05, 3.63) is 21.9 Å². The molecule has 1 amide bonds. The minimum absolute atomic E-state index is 0.217. The predicted octanol–water partition coefficient (Wildman–Crippen LogP) is 1.40. The third-order valence-electron chi connectivity index (χ3n) is 1.64. The number of nitriles is 1. The minimum Gasteiger partial charge on any atom is -0.438 e. The summed E-state index contributed by atoms with van der Waals surface area (Å²) in [6.45, 7) is 0.217. The molecule has 2 N–H and O–H groups in total. The summed E-state index contributed by atoms with van der Waals surface area (Å²) >= 11 is 1.33. The molecular formula is C9H10N2O3S. The summed E-state index contributed by atoms with van der Waals surface area (Å²) in [4.78, 5) is 11.4. The number of methoxy groups -OCH3 is 1. The third kappa shape index (κ3) is 3.23. The summed E-state index contributed by atoms with van der Waals surface area (Å²) < 4.78 is 9.74. The van der Waals surface area contributed by atoms with Gasteiger partial charge in [-0.3, -0.25) is 0 Å². The molecule has 0 aliphatic rings. The molecule has 0 aliphatic heterocycles. The fourth-order valence-corrected chi connectivity index (χ4v) is 1.89. The molecule has 0 saturated heterocycles. The lowest BCUT2D eigenvalue weighted by Crippen LogP contribution is -2.19. The normalized spacial score (nSPS) is 11.7. The van der Waals surface area contributed by atoms with Gasteiger partial charge in [-0.05, 0) is 6.07 Å². The quantitative estimate of drug-likeness (QED) is 0.840. The van der Waals surface area contributed by atoms with Crippen LogP contribution in [0.2, 0.25) is 0 Å². The van der Waals surface area contributed by atoms with E-state index in [1.54, 1.807) is 11.4 Å². The number of thiophene rings is 1. The number of carbonyl (C=O) groups excluding carboxylic acids is 1. The Morgan fingerprint density at radius 3 is 3.00 bits per heavy atom. The first-order chi connectivity index (χ1) is 7.17. The summed E-state index contributed by atoms with van der Waals surface area (Å²) in [6, 6.07) is 3.65. The zero-order valence-electron chi connectivity index (χ0n) is 8.10. The largest absolute Gasteiger partial charge is 0.438 e. The molecule has 15 heavy (non-hydrogen) atoms. The van der Waals surface area contributed by atoms with E-state index in [0.29, 0.717) is 5.56 Å². The molecular weight excluding hydrogens is 216 g/mol. The maximum atomic E-state index is 10.6. The molecule has 1 aromatic rings. The summed E-state index contributed by atoms with van der Waals surface area (Å²) in [5, 5.41) is 10.3. The monoisotopic (exact) mass is 226 g/mol. The standard InChI is InChI=1S/C9H10N2O3S/c1-13-4-7(14-9(11)12)8-2-6(3-10)5-15-8/h2,5,7H,4H2,1H3,(H2,11,12). The van der Waals surface area contributed by atoms with E-state index >= 15 is 0 Å². The number of hydrogen-bond donors (Lipinski definition) is 1. The van der Waals surface area contributed by atoms with Crippen LogP contribution in [0.5, 0.6) is 0 Å². The fraction of sp³-hybridized carbons (Fsp3) is 0.333. The van der Waals surface area contributed by atoms with Crippen molar-refractivity contribution in [2.75, 3.05) is 13.7 Å². The Kier molecular flexibility index (Phi) is 4.09. The van der Waals surface area contributed by atoms with E-state index in [4.69, 9.17) is 20.5 Å². The van der Waals surface area contributed by atoms with Crippen LogP contribution in [0.4, 0.5) is 4.79 Å². The van der Waals surface area contributed by atoms with Gasteiger partial charge in [0, 0.05) is 17.4 Å². The van der Waals surface area contributed by atoms with E-state index in [0.717, 1.165) is 4.88 Å². The highest BCUT2D eigenvalue weighted by Gasteiger charge is 2.17. The van der Waals surface area contributed by atoms with Crippen molar-refractivity contribution < 1.29 is 14.3 Å². The molecule has 1 atom stereocenters. The van der Waals surface area contributed by atoms with E-state index in [-0.39, 0.29) is 6.61 Å². The van der Waals surface area contributed by atoms with Crippen LogP contribution < -0.4 is 5.73 Å². The third-order valence-corrected chi connectivity index (χ3v) is 2.67. The molecule has 1 rings (SSSR count). The van der Waals surface area contributed by atoms with Gasteiger partial charge < -0.3 is 15.2 Å². The number of carbonyl (C=O) groups is 1. The highest BCUT2D eigenvalue weighted by Crippen LogP contribution is 2.25. The van der Waals surface area contributed by atoms with Gasteiger partial charge >= 0.3 is 6.09 Å². The molecule has 0 radical (unpaired) electrons. The van der Waals surface area contributed by atoms with Crippen molar-refractivity contribution in [3.8, 4) is 6.07 Å². The molecule has 1 heterocycles. The van der Waals surface area contributed by atoms with Gasteiger partial charge in [-0.15, -0.1) is 11.3 Å². The Hall–Kier alpha value is -1.58. The SMILES string of the molecule is COCC(OC(N)=O)c1cc(C#N)cs1. The average molecular weight is 226 g/mol. The van der Waals surface area contributed by atoms with Gasteiger partial charge in [0.25, 0.3) is 0 Å². The lowest BCUT2D eigenvalue weighted by atomic mass is 10.2. The van der Waals surface area contributed by atoms with E-state index in [1.165, 1.54) is 18.4 Å². The molecule has 0 aromatic carbocycles. The fourth-order valence-electron chi connectivity index (χ4n) is 1.05. The summed E-state index contributed by atoms with van der Waals surface area (Å²) in [5.74, 6) is 0. The Morgan fingerprint density at radius 1 is 1.80 bits per heavy atom. The van der Waals surface area contributed by atoms with Crippen LogP contribution in [-0.2, 0) is 9.47 Å². The van der Waals surface area contributed by atoms with Crippen LogP contribution in [0.25, 0.3) is 0 Å². The molecule has 0 saturated carbocycles. The molecule has 0 fully saturated rings. The molecule has 5 nitrogen and oxygen atoms in total. The summed E-state index contributed by atoms with van der Waals surface area (Å²) in [5.41, 5.74) is 5.45. The van der Waals surface area contributed by atoms with E-state index < -0.39 is 12.2 Å². The van der Waals surface area contributed by atoms with Gasteiger partial charge in [0.2, 0.25) is 0 Å². The smallest absolute Gasteiger partial charge is 0.405 e. The number of amides is 1. The van der Waals surface area contributed by atoms with Crippen LogP contribution in [-0.4, -0.2) is 19.8 Å². The molecule has 1 aromatic heterocycles. The van der Waals surface area contributed by atoms with Crippen molar-refractivity contribution in [3.63, 3.8) is 0 Å². The second kappa shape index (κ2) is 5.34. The maximum Gasteiger partial charge on any atom is 0.405 e. The predicted molar refractivity (Wildman–Crippen MR) is 54.3 cm³/mol. The Morgan fingerprint density at radius 2 is 2.53 bits per heavy atom. The van der Waals surface area contributed by atoms with Crippen LogP contribution in [0.15, 0.2) is 11.4 Å². The lowest BCUT2D eigenvalue weighted by molar-refractivity contribution is 0.0451. The van der Waals surface area contributed by atoms with E-state index in [1.807, 2.05) is 6.07 Å². The van der Waals surface area contributed by atoms with Crippen molar-refractivity contribution >= 4 is 17.4 Å². The van der Waals surface area contributed by atoms with Gasteiger partial charge in [0.05, 0.1) is 12.2 Å². The second-order valence-corrected chi connectivity index (χ2v) is 3.67. The number of nitrogens with zero attached hydrogens (tertiary/aromatic N) is 1. The molecule has 0 aliphatic carbocycles. The minimum atomic E-state index is -0.857. The van der Waals surface area contributed by atoms with E-state index in [9.17, 15) is 4.79 Å².